The number of methoxy groups -OCH3 is 1. The number of amides is 4. The van der Waals surface area contributed by atoms with Crippen molar-refractivity contribution in [3.63, 3.8) is 0 Å². The van der Waals surface area contributed by atoms with Gasteiger partial charge in [0.15, 0.2) is 5.13 Å². The summed E-state index contributed by atoms with van der Waals surface area (Å²) in [6, 6.07) is 4.97. The molecule has 1 unspecified atom stereocenters. The van der Waals surface area contributed by atoms with E-state index in [1.165, 1.54) is 16.2 Å². The predicted molar refractivity (Wildman–Crippen MR) is 218 cm³/mol. The van der Waals surface area contributed by atoms with Gasteiger partial charge in [0, 0.05) is 35.2 Å². The molecule has 3 aromatic rings. The third-order valence-corrected chi connectivity index (χ3v) is 12.0. The molecule has 4 N–H and O–H groups in total. The summed E-state index contributed by atoms with van der Waals surface area (Å²) < 4.78 is 23.1. The summed E-state index contributed by atoms with van der Waals surface area (Å²) in [4.78, 5) is 77.7. The highest BCUT2D eigenvalue weighted by Crippen LogP contribution is 2.45. The van der Waals surface area contributed by atoms with Gasteiger partial charge >= 0.3 is 18.2 Å². The highest BCUT2D eigenvalue weighted by Gasteiger charge is 2.61. The average molecular weight is 833 g/mol. The van der Waals surface area contributed by atoms with Crippen molar-refractivity contribution in [2.45, 2.75) is 114 Å². The molecule has 59 heavy (non-hydrogen) atoms. The maximum Gasteiger partial charge on any atom is 0.413 e. The van der Waals surface area contributed by atoms with Crippen LogP contribution in [0.1, 0.15) is 84.5 Å². The lowest BCUT2D eigenvalue weighted by Gasteiger charge is -2.29. The summed E-state index contributed by atoms with van der Waals surface area (Å²) in [7, 11) is 1.55. The number of nitrogens with one attached hydrogen (secondary N) is 3. The number of rotatable bonds is 10. The minimum Gasteiger partial charge on any atom is -0.497 e. The molecule has 2 aliphatic carbocycles. The molecule has 2 saturated carbocycles. The minimum atomic E-state index is -1.48. The third-order valence-electron chi connectivity index (χ3n) is 11.3. The quantitative estimate of drug-likeness (QED) is 0.163. The number of carboxylic acid groups (broad SMARTS) is 1. The molecule has 0 bridgehead atoms. The van der Waals surface area contributed by atoms with Gasteiger partial charge in [-0.25, -0.2) is 24.4 Å². The molecule has 0 radical (unpaired) electrons. The summed E-state index contributed by atoms with van der Waals surface area (Å²) in [5.74, 6) is -1.47. The minimum absolute atomic E-state index is 0.0191. The number of fused-ring (bicyclic) bond motifs is 3. The monoisotopic (exact) mass is 832 g/mol. The average Bonchev–Trinajstić information content (AvgIpc) is 3.63. The van der Waals surface area contributed by atoms with E-state index in [0.29, 0.717) is 51.8 Å². The fourth-order valence-corrected chi connectivity index (χ4v) is 8.70. The van der Waals surface area contributed by atoms with E-state index in [9.17, 15) is 29.1 Å². The number of aliphatic carboxylic acids is 1. The maximum atomic E-state index is 14.6. The maximum absolute atomic E-state index is 14.6. The molecule has 1 saturated heterocycles. The molecule has 7 rings (SSSR count). The summed E-state index contributed by atoms with van der Waals surface area (Å²) in [5.41, 5.74) is -0.0591. The van der Waals surface area contributed by atoms with Crippen LogP contribution >= 0.6 is 11.3 Å². The van der Waals surface area contributed by atoms with Crippen molar-refractivity contribution < 1.29 is 48.0 Å². The molecule has 17 heteroatoms. The van der Waals surface area contributed by atoms with Crippen molar-refractivity contribution in [3.05, 3.63) is 41.8 Å². The van der Waals surface area contributed by atoms with E-state index in [-0.39, 0.29) is 43.9 Å². The van der Waals surface area contributed by atoms with Gasteiger partial charge in [0.05, 0.1) is 31.5 Å². The first-order valence-electron chi connectivity index (χ1n) is 20.5. The number of pyridine rings is 1. The van der Waals surface area contributed by atoms with Crippen LogP contribution in [0.25, 0.3) is 22.3 Å². The number of carbonyl (C=O) groups is 5. The molecular weight excluding hydrogens is 781 g/mol. The Labute approximate surface area is 346 Å². The van der Waals surface area contributed by atoms with Gasteiger partial charge in [0.1, 0.15) is 47.0 Å². The number of hydrogen-bond acceptors (Lipinski definition) is 12. The first kappa shape index (κ1) is 41.7. The number of alkyl carbamates (subject to hydrolysis) is 1. The second kappa shape index (κ2) is 18.2. The molecule has 2 aliphatic heterocycles. The third kappa shape index (κ3) is 9.89. The number of carboxylic acids is 1. The molecular formula is C42H52N6O10S. The highest BCUT2D eigenvalue weighted by molar-refractivity contribution is 7.14. The van der Waals surface area contributed by atoms with E-state index in [2.05, 4.69) is 20.9 Å². The fraction of sp³-hybridized carbons (Fsp3) is 0.548. The smallest absolute Gasteiger partial charge is 0.413 e. The van der Waals surface area contributed by atoms with E-state index < -0.39 is 53.7 Å². The normalized spacial score (nSPS) is 25.5. The van der Waals surface area contributed by atoms with E-state index in [4.69, 9.17) is 23.9 Å². The van der Waals surface area contributed by atoms with E-state index in [1.807, 2.05) is 26.0 Å². The van der Waals surface area contributed by atoms with Crippen LogP contribution in [0.15, 0.2) is 41.8 Å². The van der Waals surface area contributed by atoms with E-state index >= 15 is 0 Å². The Morgan fingerprint density at radius 2 is 1.81 bits per heavy atom. The van der Waals surface area contributed by atoms with Gasteiger partial charge in [-0.2, -0.15) is 0 Å². The Hall–Kier alpha value is -5.45. The number of nitrogens with zero attached hydrogens (tertiary/aromatic N) is 3. The molecule has 316 valence electrons. The highest BCUT2D eigenvalue weighted by atomic mass is 32.1. The number of anilines is 1. The number of ether oxygens (including phenoxy) is 4. The van der Waals surface area contributed by atoms with Crippen LogP contribution in [0.2, 0.25) is 0 Å². The van der Waals surface area contributed by atoms with Crippen LogP contribution in [0.5, 0.6) is 11.5 Å². The number of allylic oxidation sites excluding steroid dienone is 1. The number of hydrogen-bond donors (Lipinski definition) is 4. The van der Waals surface area contributed by atoms with Crippen LogP contribution in [-0.4, -0.2) is 100 Å². The Bertz CT molecular complexity index is 2080. The molecule has 1 aromatic carbocycles. The Morgan fingerprint density at radius 1 is 1.02 bits per heavy atom. The summed E-state index contributed by atoms with van der Waals surface area (Å²) in [6.07, 6.45) is 8.68. The fourth-order valence-electron chi connectivity index (χ4n) is 8.01. The molecule has 4 amide bonds. The summed E-state index contributed by atoms with van der Waals surface area (Å²) in [6.45, 7) is 4.11. The summed E-state index contributed by atoms with van der Waals surface area (Å²) >= 11 is 1.20. The van der Waals surface area contributed by atoms with Crippen molar-refractivity contribution in [2.24, 2.45) is 11.8 Å². The molecule has 0 spiro atoms. The van der Waals surface area contributed by atoms with Gasteiger partial charge in [-0.05, 0) is 69.4 Å². The van der Waals surface area contributed by atoms with E-state index in [0.717, 1.165) is 44.9 Å². The second-order valence-electron chi connectivity index (χ2n) is 16.2. The Morgan fingerprint density at radius 3 is 2.58 bits per heavy atom. The van der Waals surface area contributed by atoms with Crippen LogP contribution in [-0.2, 0) is 23.9 Å². The zero-order valence-electron chi connectivity index (χ0n) is 33.6. The number of benzene rings is 1. The van der Waals surface area contributed by atoms with Gasteiger partial charge in [-0.15, -0.1) is 11.3 Å². The molecule has 5 atom stereocenters. The number of carbonyl (C=O) groups excluding carboxylic acids is 4. The number of thiazole rings is 1. The predicted octanol–water partition coefficient (Wildman–Crippen LogP) is 6.44. The standard InChI is InChI=1S/C42H52N6O10S/c1-24(2)22-56-40(53)46-39-44-33(23-59-39)32-19-35(29-16-15-27(55-3)17-31(29)43-32)57-28-18-34-36(49)47-42(38(51)52)20-25(42)11-7-5-4-6-8-14-30(37(50)48(34)21-28)45-41(54)58-26-12-9-10-13-26/h7,11,15-17,19,23-26,28,30,34H,4-6,8-10,12-14,18,20-22H2,1-3H3,(H,45,54)(H,47,49)(H,51,52)(H,44,46,53)/b11-7-/t25-,28-,30-,34?,42-/m1/s1. The lowest BCUT2D eigenvalue weighted by molar-refractivity contribution is -0.145. The van der Waals surface area contributed by atoms with Crippen LogP contribution < -0.4 is 25.4 Å². The van der Waals surface area contributed by atoms with Crippen molar-refractivity contribution in [3.8, 4) is 22.9 Å². The van der Waals surface area contributed by atoms with Gasteiger partial charge in [-0.3, -0.25) is 14.9 Å². The number of aromatic nitrogens is 2. The van der Waals surface area contributed by atoms with Crippen molar-refractivity contribution in [2.75, 3.05) is 25.6 Å². The molecule has 3 fully saturated rings. The molecule has 4 heterocycles. The molecule has 16 nitrogen and oxygen atoms in total. The van der Waals surface area contributed by atoms with Crippen LogP contribution in [0.4, 0.5) is 14.7 Å². The largest absolute Gasteiger partial charge is 0.497 e. The lowest BCUT2D eigenvalue weighted by atomic mass is 10.0. The van der Waals surface area contributed by atoms with Crippen molar-refractivity contribution >= 4 is 57.3 Å². The van der Waals surface area contributed by atoms with Crippen molar-refractivity contribution in [1.82, 2.24) is 25.5 Å². The lowest BCUT2D eigenvalue weighted by Crippen LogP contribution is -2.56. The molecule has 4 aliphatic rings. The second-order valence-corrected chi connectivity index (χ2v) is 17.0. The van der Waals surface area contributed by atoms with Gasteiger partial charge in [0.2, 0.25) is 11.8 Å². The summed E-state index contributed by atoms with van der Waals surface area (Å²) in [5, 5.41) is 21.3. The van der Waals surface area contributed by atoms with Gasteiger partial charge in [0.25, 0.3) is 0 Å². The SMILES string of the molecule is COc1ccc2c(O[C@@H]3CC4C(=O)N[C@]5(C(=O)O)C[C@H]5/C=C\CCCCC[C@@H](NC(=O)OC5CCCC5)C(=O)N4C3)cc(-c3csc(NC(=O)OCC(C)C)n3)nc2c1. The zero-order valence-corrected chi connectivity index (χ0v) is 34.4. The van der Waals surface area contributed by atoms with E-state index in [1.54, 1.807) is 36.8 Å². The first-order chi connectivity index (χ1) is 28.4. The van der Waals surface area contributed by atoms with Crippen LogP contribution in [0, 0.1) is 11.8 Å². The molecule has 2 aromatic heterocycles. The van der Waals surface area contributed by atoms with Gasteiger partial charge < -0.3 is 39.6 Å². The Balaban J connectivity index is 1.18. The first-order valence-corrected chi connectivity index (χ1v) is 21.3. The zero-order chi connectivity index (χ0) is 41.7. The topological polar surface area (TPSA) is 208 Å². The Kier molecular flexibility index (Phi) is 12.9. The van der Waals surface area contributed by atoms with Gasteiger partial charge in [-0.1, -0.05) is 38.8 Å². The van der Waals surface area contributed by atoms with Crippen LogP contribution in [0.3, 0.4) is 0 Å². The van der Waals surface area contributed by atoms with Crippen molar-refractivity contribution in [1.29, 1.82) is 0 Å².